The zero-order valence-electron chi connectivity index (χ0n) is 14.4. The van der Waals surface area contributed by atoms with Gasteiger partial charge in [-0.3, -0.25) is 4.99 Å². The van der Waals surface area contributed by atoms with Crippen LogP contribution < -0.4 is 10.6 Å². The number of rotatable bonds is 7. The van der Waals surface area contributed by atoms with Gasteiger partial charge in [-0.05, 0) is 57.7 Å². The van der Waals surface area contributed by atoms with Crippen molar-refractivity contribution >= 4 is 29.9 Å². The van der Waals surface area contributed by atoms with Gasteiger partial charge in [-0.15, -0.1) is 24.0 Å². The smallest absolute Gasteiger partial charge is 0.191 e. The summed E-state index contributed by atoms with van der Waals surface area (Å²) < 4.78 is 0. The average Bonchev–Trinajstić information content (AvgIpc) is 3.26. The predicted molar refractivity (Wildman–Crippen MR) is 106 cm³/mol. The molecule has 22 heavy (non-hydrogen) atoms. The summed E-state index contributed by atoms with van der Waals surface area (Å²) in [5, 5.41) is 7.02. The van der Waals surface area contributed by atoms with Crippen LogP contribution in [0.5, 0.6) is 0 Å². The van der Waals surface area contributed by atoms with E-state index in [0.717, 1.165) is 18.4 Å². The number of nitrogens with zero attached hydrogens (tertiary/aromatic N) is 2. The van der Waals surface area contributed by atoms with Gasteiger partial charge in [0.05, 0.1) is 0 Å². The molecule has 2 fully saturated rings. The molecule has 1 aliphatic heterocycles. The van der Waals surface area contributed by atoms with Gasteiger partial charge in [0.2, 0.25) is 0 Å². The summed E-state index contributed by atoms with van der Waals surface area (Å²) in [6.45, 7) is 7.12. The standard InChI is InChI=1S/C17H34N4.HI/c1-3-9-15-14-16(15)20-17(18-2)19-10-8-13-21-11-6-4-5-7-12-21;/h15-16H,3-14H2,1-2H3,(H2,18,19,20);1H. The summed E-state index contributed by atoms with van der Waals surface area (Å²) in [5.74, 6) is 1.88. The molecule has 2 atom stereocenters. The summed E-state index contributed by atoms with van der Waals surface area (Å²) in [4.78, 5) is 6.97. The summed E-state index contributed by atoms with van der Waals surface area (Å²) in [6, 6.07) is 0.668. The lowest BCUT2D eigenvalue weighted by atomic mass is 10.2. The van der Waals surface area contributed by atoms with E-state index >= 15 is 0 Å². The van der Waals surface area contributed by atoms with Crippen molar-refractivity contribution < 1.29 is 0 Å². The van der Waals surface area contributed by atoms with Crippen molar-refractivity contribution in [2.45, 2.75) is 64.3 Å². The van der Waals surface area contributed by atoms with Crippen LogP contribution in [0.3, 0.4) is 0 Å². The zero-order valence-corrected chi connectivity index (χ0v) is 16.8. The second kappa shape index (κ2) is 11.5. The third kappa shape index (κ3) is 7.49. The maximum atomic E-state index is 4.34. The van der Waals surface area contributed by atoms with Gasteiger partial charge in [-0.2, -0.15) is 0 Å². The molecule has 2 unspecified atom stereocenters. The maximum Gasteiger partial charge on any atom is 0.191 e. The molecule has 130 valence electrons. The molecule has 0 radical (unpaired) electrons. The monoisotopic (exact) mass is 422 g/mol. The SMILES string of the molecule is CCCC1CC1NC(=NC)NCCCN1CCCCCC1.I. The third-order valence-corrected chi connectivity index (χ3v) is 4.77. The molecule has 0 amide bonds. The molecule has 1 saturated heterocycles. The van der Waals surface area contributed by atoms with Crippen LogP contribution in [0.2, 0.25) is 0 Å². The molecule has 0 aromatic rings. The Hall–Kier alpha value is -0.0400. The van der Waals surface area contributed by atoms with Gasteiger partial charge in [0, 0.05) is 19.6 Å². The van der Waals surface area contributed by atoms with Crippen LogP contribution in [0, 0.1) is 5.92 Å². The lowest BCUT2D eigenvalue weighted by Crippen LogP contribution is -2.40. The van der Waals surface area contributed by atoms with E-state index in [1.807, 2.05) is 7.05 Å². The van der Waals surface area contributed by atoms with Crippen molar-refractivity contribution in [1.29, 1.82) is 0 Å². The van der Waals surface area contributed by atoms with Crippen molar-refractivity contribution in [2.24, 2.45) is 10.9 Å². The molecule has 2 aliphatic rings. The van der Waals surface area contributed by atoms with Gasteiger partial charge >= 0.3 is 0 Å². The van der Waals surface area contributed by atoms with Crippen LogP contribution in [-0.2, 0) is 0 Å². The number of hydrogen-bond acceptors (Lipinski definition) is 2. The highest BCUT2D eigenvalue weighted by molar-refractivity contribution is 14.0. The minimum absolute atomic E-state index is 0. The first-order valence-corrected chi connectivity index (χ1v) is 9.03. The average molecular weight is 422 g/mol. The molecule has 0 aromatic carbocycles. The van der Waals surface area contributed by atoms with Crippen molar-refractivity contribution in [2.75, 3.05) is 33.2 Å². The van der Waals surface area contributed by atoms with E-state index in [1.54, 1.807) is 0 Å². The minimum Gasteiger partial charge on any atom is -0.356 e. The highest BCUT2D eigenvalue weighted by Gasteiger charge is 2.36. The molecule has 0 aromatic heterocycles. The normalized spacial score (nSPS) is 26.0. The molecule has 0 spiro atoms. The Kier molecular flexibility index (Phi) is 10.4. The Bertz CT molecular complexity index is 314. The number of guanidine groups is 1. The number of likely N-dealkylation sites (tertiary alicyclic amines) is 1. The van der Waals surface area contributed by atoms with Crippen molar-refractivity contribution in [3.05, 3.63) is 0 Å². The first-order valence-electron chi connectivity index (χ1n) is 9.03. The molecule has 5 heteroatoms. The lowest BCUT2D eigenvalue weighted by Gasteiger charge is -2.20. The van der Waals surface area contributed by atoms with Crippen LogP contribution in [0.4, 0.5) is 0 Å². The molecular weight excluding hydrogens is 387 g/mol. The molecular formula is C17H35IN4. The van der Waals surface area contributed by atoms with Gasteiger partial charge < -0.3 is 15.5 Å². The topological polar surface area (TPSA) is 39.7 Å². The quantitative estimate of drug-likeness (QED) is 0.287. The molecule has 0 bridgehead atoms. The van der Waals surface area contributed by atoms with Crippen molar-refractivity contribution in [1.82, 2.24) is 15.5 Å². The van der Waals surface area contributed by atoms with Crippen molar-refractivity contribution in [3.8, 4) is 0 Å². The van der Waals surface area contributed by atoms with Crippen LogP contribution in [0.15, 0.2) is 4.99 Å². The van der Waals surface area contributed by atoms with Gasteiger partial charge in [0.15, 0.2) is 5.96 Å². The first-order chi connectivity index (χ1) is 10.3. The van der Waals surface area contributed by atoms with E-state index in [0.29, 0.717) is 6.04 Å². The molecule has 1 saturated carbocycles. The summed E-state index contributed by atoms with van der Waals surface area (Å²) in [5.41, 5.74) is 0. The second-order valence-electron chi connectivity index (χ2n) is 6.64. The number of aliphatic imine (C=N–C) groups is 1. The Morgan fingerprint density at radius 3 is 2.55 bits per heavy atom. The Balaban J connectivity index is 0.00000242. The summed E-state index contributed by atoms with van der Waals surface area (Å²) in [7, 11) is 1.88. The van der Waals surface area contributed by atoms with E-state index in [2.05, 4.69) is 27.4 Å². The van der Waals surface area contributed by atoms with E-state index < -0.39 is 0 Å². The minimum atomic E-state index is 0. The number of hydrogen-bond donors (Lipinski definition) is 2. The predicted octanol–water partition coefficient (Wildman–Crippen LogP) is 3.22. The van der Waals surface area contributed by atoms with Crippen LogP contribution >= 0.6 is 24.0 Å². The summed E-state index contributed by atoms with van der Waals surface area (Å²) >= 11 is 0. The fourth-order valence-electron chi connectivity index (χ4n) is 3.35. The fourth-order valence-corrected chi connectivity index (χ4v) is 3.35. The van der Waals surface area contributed by atoms with Gasteiger partial charge in [0.25, 0.3) is 0 Å². The largest absolute Gasteiger partial charge is 0.356 e. The Morgan fingerprint density at radius 2 is 1.91 bits per heavy atom. The number of nitrogens with one attached hydrogen (secondary N) is 2. The molecule has 1 heterocycles. The van der Waals surface area contributed by atoms with E-state index in [4.69, 9.17) is 0 Å². The maximum absolute atomic E-state index is 4.34. The highest BCUT2D eigenvalue weighted by Crippen LogP contribution is 2.34. The first kappa shape index (κ1) is 20.0. The van der Waals surface area contributed by atoms with Gasteiger partial charge in [-0.25, -0.2) is 0 Å². The summed E-state index contributed by atoms with van der Waals surface area (Å²) in [6.07, 6.45) is 10.8. The van der Waals surface area contributed by atoms with Gasteiger partial charge in [-0.1, -0.05) is 26.2 Å². The van der Waals surface area contributed by atoms with E-state index in [-0.39, 0.29) is 24.0 Å². The highest BCUT2D eigenvalue weighted by atomic mass is 127. The van der Waals surface area contributed by atoms with E-state index in [9.17, 15) is 0 Å². The van der Waals surface area contributed by atoms with Crippen LogP contribution in [0.1, 0.15) is 58.3 Å². The number of halogens is 1. The Morgan fingerprint density at radius 1 is 1.18 bits per heavy atom. The van der Waals surface area contributed by atoms with Gasteiger partial charge in [0.1, 0.15) is 0 Å². The molecule has 2 N–H and O–H groups in total. The fraction of sp³-hybridized carbons (Fsp3) is 0.941. The van der Waals surface area contributed by atoms with Crippen molar-refractivity contribution in [3.63, 3.8) is 0 Å². The van der Waals surface area contributed by atoms with Crippen LogP contribution in [-0.4, -0.2) is 50.1 Å². The van der Waals surface area contributed by atoms with Crippen LogP contribution in [0.25, 0.3) is 0 Å². The molecule has 2 rings (SSSR count). The Labute approximate surface area is 153 Å². The molecule has 1 aliphatic carbocycles. The van der Waals surface area contributed by atoms with E-state index in [1.165, 1.54) is 71.0 Å². The zero-order chi connectivity index (χ0) is 14.9. The third-order valence-electron chi connectivity index (χ3n) is 4.77. The lowest BCUT2D eigenvalue weighted by molar-refractivity contribution is 0.282. The second-order valence-corrected chi connectivity index (χ2v) is 6.64. The molecule has 4 nitrogen and oxygen atoms in total.